The Bertz CT molecular complexity index is 1200. The molecule has 4 rings (SSSR count). The molecule has 1 aliphatic carbocycles. The van der Waals surface area contributed by atoms with Crippen LogP contribution in [0.25, 0.3) is 5.57 Å². The monoisotopic (exact) mass is 404 g/mol. The third kappa shape index (κ3) is 3.36. The van der Waals surface area contributed by atoms with Crippen molar-refractivity contribution in [3.63, 3.8) is 0 Å². The fourth-order valence-electron chi connectivity index (χ4n) is 3.95. The lowest BCUT2D eigenvalue weighted by molar-refractivity contribution is -0.113. The van der Waals surface area contributed by atoms with Gasteiger partial charge < -0.3 is 15.3 Å². The quantitative estimate of drug-likeness (QED) is 0.686. The Kier molecular flexibility index (Phi) is 5.32. The van der Waals surface area contributed by atoms with Crippen molar-refractivity contribution in [2.75, 3.05) is 34.2 Å². The number of amides is 1. The molecule has 30 heavy (non-hydrogen) atoms. The van der Waals surface area contributed by atoms with Gasteiger partial charge in [0.05, 0.1) is 27.6 Å². The maximum atomic E-state index is 12.5. The molecular weight excluding hydrogens is 380 g/mol. The fourth-order valence-corrected chi connectivity index (χ4v) is 3.95. The van der Waals surface area contributed by atoms with Crippen LogP contribution in [0.1, 0.15) is 18.4 Å². The number of hydrogen-bond acceptors (Lipinski definition) is 6. The zero-order chi connectivity index (χ0) is 21.4. The molecule has 0 spiro atoms. The Morgan fingerprint density at radius 2 is 1.90 bits per heavy atom. The van der Waals surface area contributed by atoms with Gasteiger partial charge in [0.1, 0.15) is 5.75 Å². The summed E-state index contributed by atoms with van der Waals surface area (Å²) in [6.45, 7) is 1.34. The highest BCUT2D eigenvalue weighted by molar-refractivity contribution is 6.25. The van der Waals surface area contributed by atoms with Crippen molar-refractivity contribution in [2.24, 2.45) is 9.98 Å². The van der Waals surface area contributed by atoms with Gasteiger partial charge >= 0.3 is 0 Å². The molecule has 0 radical (unpaired) electrons. The van der Waals surface area contributed by atoms with Gasteiger partial charge in [0.15, 0.2) is 5.78 Å². The lowest BCUT2D eigenvalue weighted by Crippen LogP contribution is -2.27. The molecule has 0 bridgehead atoms. The maximum absolute atomic E-state index is 12.5. The number of phenolic OH excluding ortho intramolecular Hbond substituents is 1. The van der Waals surface area contributed by atoms with Gasteiger partial charge in [-0.15, -0.1) is 0 Å². The zero-order valence-corrected chi connectivity index (χ0v) is 17.3. The predicted octanol–water partition coefficient (Wildman–Crippen LogP) is 0.386. The van der Waals surface area contributed by atoms with Gasteiger partial charge in [0.25, 0.3) is 5.91 Å². The average Bonchev–Trinajstić information content (AvgIpc) is 3.23. The number of ketones is 1. The SMILES string of the molecule is CNCCC1=C2C(=O)C=CC=C2N=C1c1ccc2c(c1O)=C(CCN(C)C)C(=O)N=2. The molecule has 154 valence electrons. The van der Waals surface area contributed by atoms with Crippen molar-refractivity contribution >= 4 is 23.0 Å². The lowest BCUT2D eigenvalue weighted by atomic mass is 9.92. The van der Waals surface area contributed by atoms with Crippen molar-refractivity contribution < 1.29 is 14.7 Å². The Labute approximate surface area is 174 Å². The molecule has 0 saturated carbocycles. The van der Waals surface area contributed by atoms with E-state index < -0.39 is 0 Å². The first kappa shape index (κ1) is 20.1. The highest BCUT2D eigenvalue weighted by atomic mass is 16.3. The van der Waals surface area contributed by atoms with E-state index in [1.54, 1.807) is 24.3 Å². The topological polar surface area (TPSA) is 94.4 Å². The van der Waals surface area contributed by atoms with E-state index in [1.165, 1.54) is 6.08 Å². The van der Waals surface area contributed by atoms with Gasteiger partial charge in [0, 0.05) is 17.7 Å². The molecule has 7 heteroatoms. The maximum Gasteiger partial charge on any atom is 0.274 e. The number of rotatable bonds is 7. The minimum atomic E-state index is -0.308. The number of carbonyl (C=O) groups excluding carboxylic acids is 2. The number of fused-ring (bicyclic) bond motifs is 2. The van der Waals surface area contributed by atoms with Gasteiger partial charge in [-0.3, -0.25) is 9.59 Å². The first-order valence-electron chi connectivity index (χ1n) is 9.95. The largest absolute Gasteiger partial charge is 0.507 e. The van der Waals surface area contributed by atoms with Crippen molar-refractivity contribution in [2.45, 2.75) is 12.8 Å². The number of benzene rings is 1. The summed E-state index contributed by atoms with van der Waals surface area (Å²) in [5, 5.41) is 15.2. The van der Waals surface area contributed by atoms with Crippen molar-refractivity contribution in [3.8, 4) is 5.75 Å². The van der Waals surface area contributed by atoms with Crippen molar-refractivity contribution in [1.82, 2.24) is 10.2 Å². The van der Waals surface area contributed by atoms with Crippen molar-refractivity contribution in [1.29, 1.82) is 0 Å². The smallest absolute Gasteiger partial charge is 0.274 e. The zero-order valence-electron chi connectivity index (χ0n) is 17.3. The van der Waals surface area contributed by atoms with Crippen LogP contribution in [0.15, 0.2) is 57.2 Å². The van der Waals surface area contributed by atoms with E-state index >= 15 is 0 Å². The van der Waals surface area contributed by atoms with Crippen LogP contribution >= 0.6 is 0 Å². The number of hydrogen-bond donors (Lipinski definition) is 2. The van der Waals surface area contributed by atoms with Crippen LogP contribution < -0.4 is 15.9 Å². The molecule has 1 aromatic carbocycles. The lowest BCUT2D eigenvalue weighted by Gasteiger charge is -2.12. The Morgan fingerprint density at radius 3 is 2.63 bits per heavy atom. The second kappa shape index (κ2) is 7.93. The summed E-state index contributed by atoms with van der Waals surface area (Å²) >= 11 is 0. The van der Waals surface area contributed by atoms with Crippen LogP contribution in [-0.2, 0) is 9.59 Å². The second-order valence-corrected chi connectivity index (χ2v) is 7.75. The molecule has 0 fully saturated rings. The standard InChI is InChI=1S/C23H24N4O3/c1-24-11-9-13-19-16(5-4-6-18(19)28)25-21(13)15-7-8-17-20(22(15)29)14(23(30)26-17)10-12-27(2)3/h4-8,24,29H,9-12H2,1-3H3. The number of nitrogens with zero attached hydrogens (tertiary/aromatic N) is 3. The van der Waals surface area contributed by atoms with Crippen LogP contribution in [-0.4, -0.2) is 61.6 Å². The van der Waals surface area contributed by atoms with Gasteiger partial charge in [-0.25, -0.2) is 9.98 Å². The summed E-state index contributed by atoms with van der Waals surface area (Å²) in [7, 11) is 5.72. The summed E-state index contributed by atoms with van der Waals surface area (Å²) in [5.41, 5.74) is 3.60. The van der Waals surface area contributed by atoms with Crippen molar-refractivity contribution in [3.05, 3.63) is 63.3 Å². The molecule has 7 nitrogen and oxygen atoms in total. The van der Waals surface area contributed by atoms with Gasteiger partial charge in [-0.1, -0.05) is 6.08 Å². The Morgan fingerprint density at radius 1 is 1.10 bits per heavy atom. The number of allylic oxidation sites excluding steroid dienone is 4. The predicted molar refractivity (Wildman–Crippen MR) is 115 cm³/mol. The highest BCUT2D eigenvalue weighted by Crippen LogP contribution is 2.34. The first-order valence-corrected chi connectivity index (χ1v) is 9.95. The van der Waals surface area contributed by atoms with E-state index in [0.29, 0.717) is 64.6 Å². The molecule has 3 aliphatic rings. The van der Waals surface area contributed by atoms with Crippen LogP contribution in [0.3, 0.4) is 0 Å². The van der Waals surface area contributed by atoms with Crippen LogP contribution in [0, 0.1) is 0 Å². The van der Waals surface area contributed by atoms with Crippen LogP contribution in [0.4, 0.5) is 0 Å². The van der Waals surface area contributed by atoms with Crippen LogP contribution in [0.5, 0.6) is 5.75 Å². The average molecular weight is 404 g/mol. The van der Waals surface area contributed by atoms with E-state index in [9.17, 15) is 14.7 Å². The number of phenols is 1. The number of aliphatic imine (C=N–C) groups is 1. The number of aromatic hydroxyl groups is 1. The Balaban J connectivity index is 1.88. The summed E-state index contributed by atoms with van der Waals surface area (Å²) in [6.07, 6.45) is 6.12. The van der Waals surface area contributed by atoms with Crippen LogP contribution in [0.2, 0.25) is 0 Å². The molecule has 1 aromatic rings. The summed E-state index contributed by atoms with van der Waals surface area (Å²) < 4.78 is 0. The molecule has 0 atom stereocenters. The normalized spacial score (nSPS) is 17.4. The van der Waals surface area contributed by atoms with E-state index in [0.717, 1.165) is 5.57 Å². The molecule has 1 amide bonds. The van der Waals surface area contributed by atoms with Gasteiger partial charge in [-0.2, -0.15) is 0 Å². The van der Waals surface area contributed by atoms with E-state index in [-0.39, 0.29) is 17.4 Å². The van der Waals surface area contributed by atoms with Gasteiger partial charge in [0.2, 0.25) is 0 Å². The summed E-state index contributed by atoms with van der Waals surface area (Å²) in [5.74, 6) is -0.393. The molecule has 2 aliphatic heterocycles. The third-order valence-corrected chi connectivity index (χ3v) is 5.45. The summed E-state index contributed by atoms with van der Waals surface area (Å²) in [4.78, 5) is 35.7. The number of nitrogens with one attached hydrogen (secondary N) is 1. The highest BCUT2D eigenvalue weighted by Gasteiger charge is 2.31. The van der Waals surface area contributed by atoms with E-state index in [1.807, 2.05) is 26.0 Å². The first-order chi connectivity index (χ1) is 14.4. The molecule has 0 aromatic heterocycles. The molecule has 2 heterocycles. The minimum Gasteiger partial charge on any atom is -0.507 e. The molecular formula is C23H24N4O3. The van der Waals surface area contributed by atoms with E-state index in [2.05, 4.69) is 15.3 Å². The second-order valence-electron chi connectivity index (χ2n) is 7.75. The third-order valence-electron chi connectivity index (χ3n) is 5.45. The Hall–Kier alpha value is -3.16. The fraction of sp³-hybridized carbons (Fsp3) is 0.304. The molecule has 2 N–H and O–H groups in total. The summed E-state index contributed by atoms with van der Waals surface area (Å²) in [6, 6.07) is 3.47. The molecule has 0 saturated heterocycles. The van der Waals surface area contributed by atoms with E-state index in [4.69, 9.17) is 0 Å². The minimum absolute atomic E-state index is 0.00295. The molecule has 0 unspecified atom stereocenters. The van der Waals surface area contributed by atoms with Gasteiger partial charge in [-0.05, 0) is 70.4 Å². The number of carbonyl (C=O) groups is 2.